The molecule has 0 atom stereocenters. The van der Waals surface area contributed by atoms with Gasteiger partial charge < -0.3 is 15.0 Å². The maximum absolute atomic E-state index is 9.14. The number of rotatable bonds is 5. The summed E-state index contributed by atoms with van der Waals surface area (Å²) in [5.41, 5.74) is 6.11. The summed E-state index contributed by atoms with van der Waals surface area (Å²) >= 11 is 0. The third kappa shape index (κ3) is 4.10. The van der Waals surface area contributed by atoms with E-state index in [1.807, 2.05) is 18.2 Å². The number of hydrogen-bond donors (Lipinski definition) is 2. The van der Waals surface area contributed by atoms with E-state index in [0.717, 1.165) is 38.8 Å². The molecule has 1 aliphatic heterocycles. The van der Waals surface area contributed by atoms with E-state index >= 15 is 0 Å². The molecular weight excluding hydrogens is 358 g/mol. The number of benzene rings is 2. The molecule has 0 bridgehead atoms. The van der Waals surface area contributed by atoms with E-state index in [1.165, 1.54) is 27.7 Å². The molecule has 4 nitrogen and oxygen atoms in total. The number of H-pyrrole nitrogens is 1. The zero-order valence-corrected chi connectivity index (χ0v) is 16.1. The fourth-order valence-electron chi connectivity index (χ4n) is 3.83. The number of aryl methyl sites for hydroxylation is 1. The minimum Gasteiger partial charge on any atom is -0.492 e. The number of aromatic amines is 1. The van der Waals surface area contributed by atoms with Crippen LogP contribution in [0.3, 0.4) is 0 Å². The number of ether oxygens (including phenoxy) is 1. The molecule has 0 saturated heterocycles. The molecule has 0 amide bonds. The Bertz CT molecular complexity index is 958. The first-order chi connectivity index (χ1) is 12.9. The number of fused-ring (bicyclic) bond motifs is 3. The molecule has 2 heterocycles. The number of hydrogen-bond acceptors (Lipinski definition) is 3. The van der Waals surface area contributed by atoms with Crippen LogP contribution in [0, 0.1) is 11.3 Å². The van der Waals surface area contributed by atoms with Crippen molar-refractivity contribution in [3.05, 3.63) is 64.8 Å². The summed E-state index contributed by atoms with van der Waals surface area (Å²) in [4.78, 5) is 3.62. The second-order valence-electron chi connectivity index (χ2n) is 6.73. The largest absolute Gasteiger partial charge is 0.492 e. The number of aromatic nitrogens is 1. The van der Waals surface area contributed by atoms with Gasteiger partial charge in [-0.3, -0.25) is 0 Å². The predicted molar refractivity (Wildman–Crippen MR) is 111 cm³/mol. The highest BCUT2D eigenvalue weighted by Crippen LogP contribution is 2.28. The first kappa shape index (κ1) is 19.3. The van der Waals surface area contributed by atoms with Crippen molar-refractivity contribution in [1.82, 2.24) is 10.3 Å². The van der Waals surface area contributed by atoms with E-state index in [0.29, 0.717) is 17.9 Å². The molecular formula is C22H24ClN3O. The minimum atomic E-state index is 0. The lowest BCUT2D eigenvalue weighted by molar-refractivity contribution is 0.310. The van der Waals surface area contributed by atoms with Crippen LogP contribution in [0.2, 0.25) is 0 Å². The summed E-state index contributed by atoms with van der Waals surface area (Å²) < 4.78 is 5.84. The molecule has 5 heteroatoms. The zero-order valence-electron chi connectivity index (χ0n) is 15.3. The van der Waals surface area contributed by atoms with E-state index in [9.17, 15) is 0 Å². The van der Waals surface area contributed by atoms with Crippen molar-refractivity contribution in [1.29, 1.82) is 5.26 Å². The van der Waals surface area contributed by atoms with E-state index in [-0.39, 0.29) is 12.4 Å². The van der Waals surface area contributed by atoms with Gasteiger partial charge in [0.05, 0.1) is 12.2 Å². The third-order valence-corrected chi connectivity index (χ3v) is 5.06. The Morgan fingerprint density at radius 2 is 1.89 bits per heavy atom. The maximum atomic E-state index is 9.14. The monoisotopic (exact) mass is 381 g/mol. The van der Waals surface area contributed by atoms with Gasteiger partial charge in [-0.05, 0) is 55.1 Å². The van der Waals surface area contributed by atoms with Crippen LogP contribution in [-0.4, -0.2) is 24.7 Å². The van der Waals surface area contributed by atoms with Gasteiger partial charge >= 0.3 is 0 Å². The molecule has 1 aliphatic rings. The van der Waals surface area contributed by atoms with Crippen LogP contribution in [-0.2, 0) is 19.3 Å². The molecule has 0 spiro atoms. The van der Waals surface area contributed by atoms with Crippen LogP contribution in [0.15, 0.2) is 42.5 Å². The highest BCUT2D eigenvalue weighted by molar-refractivity contribution is 5.88. The van der Waals surface area contributed by atoms with Crippen molar-refractivity contribution in [3.8, 4) is 11.8 Å². The van der Waals surface area contributed by atoms with Crippen molar-refractivity contribution in [2.45, 2.75) is 25.7 Å². The second-order valence-corrected chi connectivity index (χ2v) is 6.73. The Labute approximate surface area is 166 Å². The van der Waals surface area contributed by atoms with Crippen molar-refractivity contribution < 1.29 is 4.74 Å². The maximum Gasteiger partial charge on any atom is 0.137 e. The Kier molecular flexibility index (Phi) is 6.39. The molecule has 0 fully saturated rings. The summed E-state index contributed by atoms with van der Waals surface area (Å²) in [6.07, 6.45) is 4.05. The quantitative estimate of drug-likeness (QED) is 0.652. The fraction of sp³-hybridized carbons (Fsp3) is 0.318. The molecule has 140 valence electrons. The fourth-order valence-corrected chi connectivity index (χ4v) is 3.83. The van der Waals surface area contributed by atoms with Crippen molar-refractivity contribution in [3.63, 3.8) is 0 Å². The van der Waals surface area contributed by atoms with E-state index < -0.39 is 0 Å². The standard InChI is InChI=1S/C22H23N3O.ClH/c23-15-17-5-1-2-9-21(17)26-14-4-7-16-6-3-8-20-22(16)18-10-12-24-13-11-19(18)25-20;/h1-3,5-6,8-9,24-25H,4,7,10-14H2;1H. The number of nitriles is 1. The van der Waals surface area contributed by atoms with Crippen LogP contribution in [0.5, 0.6) is 5.75 Å². The lowest BCUT2D eigenvalue weighted by Gasteiger charge is -2.09. The van der Waals surface area contributed by atoms with E-state index in [2.05, 4.69) is 34.6 Å². The number of nitrogens with zero attached hydrogens (tertiary/aromatic N) is 1. The molecule has 4 rings (SSSR count). The highest BCUT2D eigenvalue weighted by Gasteiger charge is 2.16. The van der Waals surface area contributed by atoms with E-state index in [4.69, 9.17) is 10.00 Å². The number of para-hydroxylation sites is 1. The van der Waals surface area contributed by atoms with Crippen LogP contribution >= 0.6 is 12.4 Å². The van der Waals surface area contributed by atoms with Gasteiger partial charge in [0.1, 0.15) is 11.8 Å². The first-order valence-electron chi connectivity index (χ1n) is 9.31. The average molecular weight is 382 g/mol. The van der Waals surface area contributed by atoms with Gasteiger partial charge in [0.15, 0.2) is 0 Å². The second kappa shape index (κ2) is 8.94. The van der Waals surface area contributed by atoms with Gasteiger partial charge in [-0.2, -0.15) is 5.26 Å². The predicted octanol–water partition coefficient (Wildman–Crippen LogP) is 4.16. The van der Waals surface area contributed by atoms with Gasteiger partial charge in [-0.25, -0.2) is 0 Å². The molecule has 0 radical (unpaired) electrons. The van der Waals surface area contributed by atoms with Crippen LogP contribution < -0.4 is 10.1 Å². The van der Waals surface area contributed by atoms with Crippen LogP contribution in [0.4, 0.5) is 0 Å². The number of nitrogens with one attached hydrogen (secondary N) is 2. The summed E-state index contributed by atoms with van der Waals surface area (Å²) in [6, 6.07) is 16.1. The van der Waals surface area contributed by atoms with Crippen molar-refractivity contribution >= 4 is 23.3 Å². The first-order valence-corrected chi connectivity index (χ1v) is 9.31. The summed E-state index contributed by atoms with van der Waals surface area (Å²) in [5.74, 6) is 0.676. The Hall–Kier alpha value is -2.48. The normalized spacial score (nSPS) is 13.3. The molecule has 2 aromatic carbocycles. The molecule has 0 unspecified atom stereocenters. The molecule has 1 aromatic heterocycles. The van der Waals surface area contributed by atoms with Gasteiger partial charge in [-0.1, -0.05) is 24.3 Å². The van der Waals surface area contributed by atoms with E-state index in [1.54, 1.807) is 6.07 Å². The van der Waals surface area contributed by atoms with Crippen LogP contribution in [0.25, 0.3) is 10.9 Å². The summed E-state index contributed by atoms with van der Waals surface area (Å²) in [6.45, 7) is 2.70. The van der Waals surface area contributed by atoms with Gasteiger partial charge in [0, 0.05) is 29.6 Å². The average Bonchev–Trinajstić information content (AvgIpc) is 2.88. The number of halogens is 1. The van der Waals surface area contributed by atoms with Crippen molar-refractivity contribution in [2.24, 2.45) is 0 Å². The Balaban J connectivity index is 0.00000210. The molecule has 0 aliphatic carbocycles. The van der Waals surface area contributed by atoms with Gasteiger partial charge in [0.25, 0.3) is 0 Å². The minimum absolute atomic E-state index is 0. The molecule has 27 heavy (non-hydrogen) atoms. The molecule has 2 N–H and O–H groups in total. The zero-order chi connectivity index (χ0) is 17.8. The topological polar surface area (TPSA) is 60.8 Å². The Morgan fingerprint density at radius 3 is 2.78 bits per heavy atom. The summed E-state index contributed by atoms with van der Waals surface area (Å²) in [7, 11) is 0. The van der Waals surface area contributed by atoms with Gasteiger partial charge in [0.2, 0.25) is 0 Å². The lowest BCUT2D eigenvalue weighted by atomic mass is 9.99. The Morgan fingerprint density at radius 1 is 1.04 bits per heavy atom. The summed E-state index contributed by atoms with van der Waals surface area (Å²) in [5, 5.41) is 14.0. The SMILES string of the molecule is Cl.N#Cc1ccccc1OCCCc1cccc2[nH]c3c(c12)CCNCC3. The molecule has 0 saturated carbocycles. The smallest absolute Gasteiger partial charge is 0.137 e. The highest BCUT2D eigenvalue weighted by atomic mass is 35.5. The van der Waals surface area contributed by atoms with Crippen molar-refractivity contribution in [2.75, 3.05) is 19.7 Å². The lowest BCUT2D eigenvalue weighted by Crippen LogP contribution is -2.16. The molecule has 3 aromatic rings. The van der Waals surface area contributed by atoms with Gasteiger partial charge in [-0.15, -0.1) is 12.4 Å². The third-order valence-electron chi connectivity index (χ3n) is 5.06. The van der Waals surface area contributed by atoms with Crippen LogP contribution in [0.1, 0.15) is 28.8 Å².